The predicted molar refractivity (Wildman–Crippen MR) is 102 cm³/mol. The van der Waals surface area contributed by atoms with Gasteiger partial charge in [0.15, 0.2) is 0 Å². The Labute approximate surface area is 153 Å². The van der Waals surface area contributed by atoms with E-state index in [1.54, 1.807) is 6.26 Å². The van der Waals surface area contributed by atoms with Crippen LogP contribution in [0.1, 0.15) is 37.5 Å². The van der Waals surface area contributed by atoms with Crippen molar-refractivity contribution in [1.29, 1.82) is 0 Å². The van der Waals surface area contributed by atoms with Gasteiger partial charge < -0.3 is 13.9 Å². The molecule has 0 aliphatic rings. The van der Waals surface area contributed by atoms with Gasteiger partial charge in [-0.15, -0.1) is 0 Å². The van der Waals surface area contributed by atoms with E-state index in [-0.39, 0.29) is 12.6 Å². The van der Waals surface area contributed by atoms with Crippen LogP contribution < -0.4 is 4.74 Å². The number of furan rings is 1. The lowest BCUT2D eigenvalue weighted by Gasteiger charge is -2.15. The first-order chi connectivity index (χ1) is 12.6. The average Bonchev–Trinajstić information content (AvgIpc) is 3.00. The second-order valence-corrected chi connectivity index (χ2v) is 6.25. The molecule has 0 N–H and O–H groups in total. The first-order valence-electron chi connectivity index (χ1n) is 8.94. The van der Waals surface area contributed by atoms with Crippen LogP contribution in [0.25, 0.3) is 22.1 Å². The maximum atomic E-state index is 11.2. The van der Waals surface area contributed by atoms with E-state index >= 15 is 0 Å². The number of ether oxygens (including phenoxy) is 2. The summed E-state index contributed by atoms with van der Waals surface area (Å²) in [6.45, 7) is 8.22. The van der Waals surface area contributed by atoms with Crippen molar-refractivity contribution in [2.45, 2.75) is 40.7 Å². The molecule has 0 saturated heterocycles. The molecule has 0 spiro atoms. The second kappa shape index (κ2) is 7.65. The molecule has 4 heteroatoms. The van der Waals surface area contributed by atoms with Crippen LogP contribution in [-0.4, -0.2) is 12.6 Å². The summed E-state index contributed by atoms with van der Waals surface area (Å²) in [6, 6.07) is 10.4. The predicted octanol–water partition coefficient (Wildman–Crippen LogP) is 5.43. The van der Waals surface area contributed by atoms with E-state index in [2.05, 4.69) is 31.2 Å². The lowest BCUT2D eigenvalue weighted by atomic mass is 9.97. The van der Waals surface area contributed by atoms with Crippen molar-refractivity contribution in [3.8, 4) is 17.1 Å². The summed E-state index contributed by atoms with van der Waals surface area (Å²) in [5.41, 5.74) is 3.98. The molecule has 0 aliphatic heterocycles. The van der Waals surface area contributed by atoms with Crippen LogP contribution in [0.3, 0.4) is 0 Å². The number of fused-ring (bicyclic) bond motifs is 1. The van der Waals surface area contributed by atoms with Crippen molar-refractivity contribution in [2.75, 3.05) is 6.61 Å². The first-order valence-corrected chi connectivity index (χ1v) is 8.94. The zero-order valence-corrected chi connectivity index (χ0v) is 15.7. The Morgan fingerprint density at radius 2 is 1.92 bits per heavy atom. The van der Waals surface area contributed by atoms with Gasteiger partial charge in [0, 0.05) is 17.9 Å². The van der Waals surface area contributed by atoms with Crippen molar-refractivity contribution in [3.63, 3.8) is 0 Å². The van der Waals surface area contributed by atoms with E-state index in [4.69, 9.17) is 13.9 Å². The zero-order chi connectivity index (χ0) is 18.7. The Kier molecular flexibility index (Phi) is 5.31. The summed E-state index contributed by atoms with van der Waals surface area (Å²) in [5, 5.41) is 2.25. The van der Waals surface area contributed by atoms with Crippen LogP contribution in [0.5, 0.6) is 5.75 Å². The SMILES string of the molecule is CCOc1c(-c2occ(C)c2COC(C)=O)ccc2c(CC)cccc12. The quantitative estimate of drug-likeness (QED) is 0.555. The van der Waals surface area contributed by atoms with E-state index in [1.165, 1.54) is 17.9 Å². The van der Waals surface area contributed by atoms with Crippen molar-refractivity contribution >= 4 is 16.7 Å². The minimum absolute atomic E-state index is 0.186. The summed E-state index contributed by atoms with van der Waals surface area (Å²) < 4.78 is 17.1. The van der Waals surface area contributed by atoms with E-state index in [0.717, 1.165) is 34.2 Å². The molecule has 3 aromatic rings. The largest absolute Gasteiger partial charge is 0.492 e. The number of carbonyl (C=O) groups is 1. The molecule has 0 amide bonds. The molecule has 0 saturated carbocycles. The standard InChI is InChI=1S/C22H24O4/c1-5-16-8-7-9-18-17(16)10-11-19(21(18)24-6-2)22-20(13-25-15(4)23)14(3)12-26-22/h7-12H,5-6,13H2,1-4H3. The number of rotatable bonds is 6. The highest BCUT2D eigenvalue weighted by Crippen LogP contribution is 2.41. The van der Waals surface area contributed by atoms with Crippen molar-refractivity contribution < 1.29 is 18.7 Å². The Hall–Kier alpha value is -2.75. The van der Waals surface area contributed by atoms with Crippen LogP contribution in [0.15, 0.2) is 41.0 Å². The van der Waals surface area contributed by atoms with Crippen LogP contribution in [0.2, 0.25) is 0 Å². The van der Waals surface area contributed by atoms with E-state index in [9.17, 15) is 4.79 Å². The Balaban J connectivity index is 2.19. The number of aryl methyl sites for hydroxylation is 2. The fourth-order valence-corrected chi connectivity index (χ4v) is 3.23. The molecule has 2 aromatic carbocycles. The molecule has 0 fully saturated rings. The van der Waals surface area contributed by atoms with Crippen LogP contribution in [0.4, 0.5) is 0 Å². The van der Waals surface area contributed by atoms with Gasteiger partial charge in [0.05, 0.1) is 18.4 Å². The molecule has 26 heavy (non-hydrogen) atoms. The smallest absolute Gasteiger partial charge is 0.302 e. The third-order valence-corrected chi connectivity index (χ3v) is 4.54. The monoisotopic (exact) mass is 352 g/mol. The molecule has 0 unspecified atom stereocenters. The molecule has 0 bridgehead atoms. The number of carbonyl (C=O) groups excluding carboxylic acids is 1. The Morgan fingerprint density at radius 3 is 2.62 bits per heavy atom. The van der Waals surface area contributed by atoms with E-state index < -0.39 is 0 Å². The minimum atomic E-state index is -0.312. The topological polar surface area (TPSA) is 48.7 Å². The summed E-state index contributed by atoms with van der Waals surface area (Å²) in [6.07, 6.45) is 2.65. The molecule has 1 aromatic heterocycles. The fourth-order valence-electron chi connectivity index (χ4n) is 3.23. The maximum absolute atomic E-state index is 11.2. The number of hydrogen-bond acceptors (Lipinski definition) is 4. The van der Waals surface area contributed by atoms with Crippen LogP contribution >= 0.6 is 0 Å². The van der Waals surface area contributed by atoms with Crippen LogP contribution in [-0.2, 0) is 22.6 Å². The van der Waals surface area contributed by atoms with Crippen molar-refractivity contribution in [2.24, 2.45) is 0 Å². The van der Waals surface area contributed by atoms with Gasteiger partial charge in [0.1, 0.15) is 18.1 Å². The van der Waals surface area contributed by atoms with Gasteiger partial charge in [0.2, 0.25) is 0 Å². The lowest BCUT2D eigenvalue weighted by Crippen LogP contribution is -2.01. The first kappa shape index (κ1) is 18.1. The molecular weight excluding hydrogens is 328 g/mol. The molecule has 0 aliphatic carbocycles. The molecule has 0 atom stereocenters. The van der Waals surface area contributed by atoms with Crippen molar-refractivity contribution in [3.05, 3.63) is 53.3 Å². The maximum Gasteiger partial charge on any atom is 0.302 e. The molecule has 0 radical (unpaired) electrons. The highest BCUT2D eigenvalue weighted by Gasteiger charge is 2.20. The zero-order valence-electron chi connectivity index (χ0n) is 15.7. The number of esters is 1. The van der Waals surface area contributed by atoms with Gasteiger partial charge in [-0.2, -0.15) is 0 Å². The van der Waals surface area contributed by atoms with E-state index in [0.29, 0.717) is 12.4 Å². The average molecular weight is 352 g/mol. The van der Waals surface area contributed by atoms with Gasteiger partial charge in [-0.1, -0.05) is 31.2 Å². The molecule has 136 valence electrons. The highest BCUT2D eigenvalue weighted by molar-refractivity contribution is 5.96. The normalized spacial score (nSPS) is 10.9. The van der Waals surface area contributed by atoms with Gasteiger partial charge in [-0.05, 0) is 42.8 Å². The summed E-state index contributed by atoms with van der Waals surface area (Å²) in [7, 11) is 0. The molecule has 4 nitrogen and oxygen atoms in total. The van der Waals surface area contributed by atoms with E-state index in [1.807, 2.05) is 19.9 Å². The third-order valence-electron chi connectivity index (χ3n) is 4.54. The highest BCUT2D eigenvalue weighted by atomic mass is 16.5. The van der Waals surface area contributed by atoms with Gasteiger partial charge >= 0.3 is 5.97 Å². The summed E-state index contributed by atoms with van der Waals surface area (Å²) in [4.78, 5) is 11.2. The lowest BCUT2D eigenvalue weighted by molar-refractivity contribution is -0.142. The Morgan fingerprint density at radius 1 is 1.12 bits per heavy atom. The van der Waals surface area contributed by atoms with Crippen LogP contribution in [0, 0.1) is 6.92 Å². The summed E-state index contributed by atoms with van der Waals surface area (Å²) >= 11 is 0. The molecular formula is C22H24O4. The van der Waals surface area contributed by atoms with Gasteiger partial charge in [-0.3, -0.25) is 4.79 Å². The van der Waals surface area contributed by atoms with Gasteiger partial charge in [-0.25, -0.2) is 0 Å². The second-order valence-electron chi connectivity index (χ2n) is 6.25. The summed E-state index contributed by atoms with van der Waals surface area (Å²) in [5.74, 6) is 1.18. The molecule has 1 heterocycles. The third kappa shape index (κ3) is 3.32. The van der Waals surface area contributed by atoms with Crippen molar-refractivity contribution in [1.82, 2.24) is 0 Å². The Bertz CT molecular complexity index is 937. The number of benzene rings is 2. The molecule has 3 rings (SSSR count). The van der Waals surface area contributed by atoms with Gasteiger partial charge in [0.25, 0.3) is 0 Å². The fraction of sp³-hybridized carbons (Fsp3) is 0.318. The number of hydrogen-bond donors (Lipinski definition) is 0. The minimum Gasteiger partial charge on any atom is -0.492 e.